The van der Waals surface area contributed by atoms with Crippen molar-refractivity contribution in [2.75, 3.05) is 6.54 Å². The molecule has 0 spiro atoms. The molecule has 0 radical (unpaired) electrons. The highest BCUT2D eigenvalue weighted by Gasteiger charge is 2.43. The van der Waals surface area contributed by atoms with E-state index in [-0.39, 0.29) is 0 Å². The van der Waals surface area contributed by atoms with Gasteiger partial charge in [-0.25, -0.2) is 0 Å². The lowest BCUT2D eigenvalue weighted by atomic mass is 9.75. The standard InChI is InChI=1S/C16H20ClNO/c17-14-6-2-1-5-13(14)16(18-11-12-8-9-12)10-4-3-7-15(16)19/h1-2,5-6,12,18H,3-4,7-11H2/t16-/m0/s1. The van der Waals surface area contributed by atoms with Crippen LogP contribution in [0.2, 0.25) is 5.02 Å². The lowest BCUT2D eigenvalue weighted by Gasteiger charge is -2.38. The molecule has 2 aliphatic rings. The van der Waals surface area contributed by atoms with E-state index >= 15 is 0 Å². The molecule has 2 aliphatic carbocycles. The topological polar surface area (TPSA) is 29.1 Å². The highest BCUT2D eigenvalue weighted by atomic mass is 35.5. The highest BCUT2D eigenvalue weighted by molar-refractivity contribution is 6.31. The van der Waals surface area contributed by atoms with Gasteiger partial charge in [-0.3, -0.25) is 4.79 Å². The van der Waals surface area contributed by atoms with E-state index in [9.17, 15) is 4.79 Å². The zero-order chi connectivity index (χ0) is 13.3. The van der Waals surface area contributed by atoms with Crippen LogP contribution < -0.4 is 5.32 Å². The van der Waals surface area contributed by atoms with Crippen molar-refractivity contribution in [3.63, 3.8) is 0 Å². The lowest BCUT2D eigenvalue weighted by Crippen LogP contribution is -2.51. The first kappa shape index (κ1) is 13.1. The number of halogens is 1. The van der Waals surface area contributed by atoms with Gasteiger partial charge in [-0.1, -0.05) is 36.2 Å². The quantitative estimate of drug-likeness (QED) is 0.910. The molecule has 1 aromatic carbocycles. The molecule has 0 bridgehead atoms. The van der Waals surface area contributed by atoms with E-state index in [1.54, 1.807) is 0 Å². The Bertz CT molecular complexity index is 483. The molecule has 0 aromatic heterocycles. The fourth-order valence-corrected chi connectivity index (χ4v) is 3.34. The van der Waals surface area contributed by atoms with E-state index in [0.29, 0.717) is 17.2 Å². The van der Waals surface area contributed by atoms with Crippen LogP contribution in [0.4, 0.5) is 0 Å². The number of hydrogen-bond acceptors (Lipinski definition) is 2. The molecule has 0 amide bonds. The molecule has 1 aromatic rings. The summed E-state index contributed by atoms with van der Waals surface area (Å²) in [5.41, 5.74) is 0.446. The van der Waals surface area contributed by atoms with Crippen LogP contribution in [0.15, 0.2) is 24.3 Å². The fourth-order valence-electron chi connectivity index (χ4n) is 3.04. The Morgan fingerprint density at radius 1 is 1.26 bits per heavy atom. The SMILES string of the molecule is O=C1CCCC[C@]1(NCC1CC1)c1ccccc1Cl. The summed E-state index contributed by atoms with van der Waals surface area (Å²) < 4.78 is 0. The molecular weight excluding hydrogens is 258 g/mol. The van der Waals surface area contributed by atoms with E-state index in [0.717, 1.165) is 37.3 Å². The Balaban J connectivity index is 1.94. The molecule has 0 unspecified atom stereocenters. The summed E-state index contributed by atoms with van der Waals surface area (Å²) in [6, 6.07) is 7.79. The van der Waals surface area contributed by atoms with Crippen LogP contribution >= 0.6 is 11.6 Å². The van der Waals surface area contributed by atoms with E-state index in [4.69, 9.17) is 11.6 Å². The number of rotatable bonds is 4. The van der Waals surface area contributed by atoms with E-state index in [1.165, 1.54) is 12.8 Å². The Morgan fingerprint density at radius 2 is 2.05 bits per heavy atom. The van der Waals surface area contributed by atoms with Crippen LogP contribution in [-0.2, 0) is 10.3 Å². The summed E-state index contributed by atoms with van der Waals surface area (Å²) in [5.74, 6) is 1.07. The molecule has 1 atom stereocenters. The predicted molar refractivity (Wildman–Crippen MR) is 77.3 cm³/mol. The maximum absolute atomic E-state index is 12.6. The summed E-state index contributed by atoms with van der Waals surface area (Å²) in [6.45, 7) is 0.941. The first-order chi connectivity index (χ1) is 9.22. The van der Waals surface area contributed by atoms with Gasteiger partial charge in [0.05, 0.1) is 0 Å². The Morgan fingerprint density at radius 3 is 2.74 bits per heavy atom. The Hall–Kier alpha value is -0.860. The molecule has 102 valence electrons. The largest absolute Gasteiger partial charge is 0.301 e. The van der Waals surface area contributed by atoms with Gasteiger partial charge in [0.2, 0.25) is 0 Å². The number of hydrogen-bond donors (Lipinski definition) is 1. The van der Waals surface area contributed by atoms with Gasteiger partial charge in [-0.15, -0.1) is 0 Å². The maximum atomic E-state index is 12.6. The van der Waals surface area contributed by atoms with Crippen LogP contribution in [0.1, 0.15) is 44.1 Å². The van der Waals surface area contributed by atoms with Crippen molar-refractivity contribution >= 4 is 17.4 Å². The summed E-state index contributed by atoms with van der Waals surface area (Å²) in [4.78, 5) is 12.6. The first-order valence-corrected chi connectivity index (χ1v) is 7.63. The van der Waals surface area contributed by atoms with Crippen molar-refractivity contribution < 1.29 is 4.79 Å². The number of benzene rings is 1. The third kappa shape index (κ3) is 2.56. The van der Waals surface area contributed by atoms with Crippen LogP contribution in [0.5, 0.6) is 0 Å². The summed E-state index contributed by atoms with van der Waals surface area (Å²) in [7, 11) is 0. The number of ketones is 1. The zero-order valence-electron chi connectivity index (χ0n) is 11.1. The molecule has 3 heteroatoms. The molecule has 2 fully saturated rings. The summed E-state index contributed by atoms with van der Waals surface area (Å²) in [5, 5.41) is 4.28. The third-order valence-electron chi connectivity index (χ3n) is 4.40. The molecule has 0 aliphatic heterocycles. The summed E-state index contributed by atoms with van der Waals surface area (Å²) >= 11 is 6.35. The van der Waals surface area contributed by atoms with Gasteiger partial charge in [0.15, 0.2) is 5.78 Å². The van der Waals surface area contributed by atoms with E-state index in [1.807, 2.05) is 24.3 Å². The van der Waals surface area contributed by atoms with Crippen LogP contribution in [0.25, 0.3) is 0 Å². The number of carbonyl (C=O) groups is 1. The van der Waals surface area contributed by atoms with Crippen molar-refractivity contribution in [3.05, 3.63) is 34.9 Å². The van der Waals surface area contributed by atoms with Gasteiger partial charge in [-0.2, -0.15) is 0 Å². The third-order valence-corrected chi connectivity index (χ3v) is 4.73. The second-order valence-electron chi connectivity index (χ2n) is 5.84. The second-order valence-corrected chi connectivity index (χ2v) is 6.25. The Kier molecular flexibility index (Phi) is 3.64. The van der Waals surface area contributed by atoms with Crippen molar-refractivity contribution in [2.45, 2.75) is 44.1 Å². The van der Waals surface area contributed by atoms with E-state index in [2.05, 4.69) is 5.32 Å². The smallest absolute Gasteiger partial charge is 0.157 e. The van der Waals surface area contributed by atoms with Crippen molar-refractivity contribution in [3.8, 4) is 0 Å². The van der Waals surface area contributed by atoms with Gasteiger partial charge < -0.3 is 5.32 Å². The Labute approximate surface area is 119 Å². The minimum Gasteiger partial charge on any atom is -0.301 e. The van der Waals surface area contributed by atoms with Crippen molar-refractivity contribution in [1.82, 2.24) is 5.32 Å². The maximum Gasteiger partial charge on any atom is 0.157 e. The van der Waals surface area contributed by atoms with Gasteiger partial charge >= 0.3 is 0 Å². The number of carbonyl (C=O) groups excluding carboxylic acids is 1. The minimum absolute atomic E-state index is 0.313. The minimum atomic E-state index is -0.529. The van der Waals surface area contributed by atoms with Crippen LogP contribution in [0.3, 0.4) is 0 Å². The fraction of sp³-hybridized carbons (Fsp3) is 0.562. The van der Waals surface area contributed by atoms with Crippen LogP contribution in [-0.4, -0.2) is 12.3 Å². The molecule has 19 heavy (non-hydrogen) atoms. The number of nitrogens with one attached hydrogen (secondary N) is 1. The van der Waals surface area contributed by atoms with Crippen molar-refractivity contribution in [2.24, 2.45) is 5.92 Å². The van der Waals surface area contributed by atoms with Gasteiger partial charge in [-0.05, 0) is 49.8 Å². The number of Topliss-reactive ketones (excluding diaryl/α,β-unsaturated/α-hetero) is 1. The van der Waals surface area contributed by atoms with E-state index < -0.39 is 5.54 Å². The zero-order valence-corrected chi connectivity index (χ0v) is 11.9. The molecular formula is C16H20ClNO. The average Bonchev–Trinajstić information content (AvgIpc) is 3.23. The predicted octanol–water partition coefficient (Wildman–Crippen LogP) is 3.68. The molecule has 1 N–H and O–H groups in total. The van der Waals surface area contributed by atoms with Crippen molar-refractivity contribution in [1.29, 1.82) is 0 Å². The van der Waals surface area contributed by atoms with Crippen LogP contribution in [0, 0.1) is 5.92 Å². The second kappa shape index (κ2) is 5.26. The average molecular weight is 278 g/mol. The van der Waals surface area contributed by atoms with Gasteiger partial charge in [0.25, 0.3) is 0 Å². The molecule has 2 nitrogen and oxygen atoms in total. The monoisotopic (exact) mass is 277 g/mol. The van der Waals surface area contributed by atoms with Gasteiger partial charge in [0, 0.05) is 11.4 Å². The van der Waals surface area contributed by atoms with Gasteiger partial charge in [0.1, 0.15) is 5.54 Å². The molecule has 0 heterocycles. The molecule has 0 saturated heterocycles. The molecule has 2 saturated carbocycles. The lowest BCUT2D eigenvalue weighted by molar-refractivity contribution is -0.128. The normalized spacial score (nSPS) is 27.5. The first-order valence-electron chi connectivity index (χ1n) is 7.26. The summed E-state index contributed by atoms with van der Waals surface area (Å²) in [6.07, 6.45) is 6.23. The highest BCUT2D eigenvalue weighted by Crippen LogP contribution is 2.39. The molecule has 3 rings (SSSR count).